The Balaban J connectivity index is 2.59. The van der Waals surface area contributed by atoms with Crippen molar-refractivity contribution in [3.8, 4) is 0 Å². The Labute approximate surface area is 81.9 Å². The van der Waals surface area contributed by atoms with Crippen LogP contribution in [0.2, 0.25) is 0 Å². The average Bonchev–Trinajstić information content (AvgIpc) is 2.19. The average molecular weight is 196 g/mol. The van der Waals surface area contributed by atoms with Crippen LogP contribution in [0.25, 0.3) is 0 Å². The monoisotopic (exact) mass is 196 g/mol. The van der Waals surface area contributed by atoms with Gasteiger partial charge in [0.15, 0.2) is 0 Å². The molecular formula is C9H12N2OS. The van der Waals surface area contributed by atoms with Gasteiger partial charge in [0.2, 0.25) is 0 Å². The summed E-state index contributed by atoms with van der Waals surface area (Å²) in [7, 11) is 0. The van der Waals surface area contributed by atoms with Crippen LogP contribution in [0.15, 0.2) is 24.5 Å². The quantitative estimate of drug-likeness (QED) is 0.745. The minimum Gasteiger partial charge on any atom is -0.341 e. The van der Waals surface area contributed by atoms with E-state index >= 15 is 0 Å². The number of carbonyl (C=O) groups is 1. The van der Waals surface area contributed by atoms with Crippen LogP contribution in [0, 0.1) is 0 Å². The van der Waals surface area contributed by atoms with E-state index in [9.17, 15) is 4.79 Å². The van der Waals surface area contributed by atoms with E-state index in [4.69, 9.17) is 0 Å². The van der Waals surface area contributed by atoms with Crippen molar-refractivity contribution in [2.24, 2.45) is 0 Å². The molecule has 1 aromatic rings. The molecule has 1 atom stereocenters. The van der Waals surface area contributed by atoms with Gasteiger partial charge in [-0.15, -0.1) is 11.8 Å². The summed E-state index contributed by atoms with van der Waals surface area (Å²) in [6.45, 7) is 1.94. The molecule has 0 aliphatic rings. The van der Waals surface area contributed by atoms with Crippen molar-refractivity contribution in [2.75, 3.05) is 6.26 Å². The fraction of sp³-hybridized carbons (Fsp3) is 0.333. The zero-order valence-electron chi connectivity index (χ0n) is 7.65. The first-order valence-corrected chi connectivity index (χ1v) is 5.26. The molecule has 1 unspecified atom stereocenters. The molecule has 1 heterocycles. The van der Waals surface area contributed by atoms with Crippen molar-refractivity contribution < 1.29 is 4.79 Å². The summed E-state index contributed by atoms with van der Waals surface area (Å²) in [5.74, 6) is -0.0741. The van der Waals surface area contributed by atoms with Crippen molar-refractivity contribution >= 4 is 17.7 Å². The molecule has 4 heteroatoms. The highest BCUT2D eigenvalue weighted by atomic mass is 32.2. The van der Waals surface area contributed by atoms with E-state index in [2.05, 4.69) is 10.3 Å². The number of pyridine rings is 1. The summed E-state index contributed by atoms with van der Waals surface area (Å²) in [5.41, 5.74) is 0.600. The molecule has 3 nitrogen and oxygen atoms in total. The van der Waals surface area contributed by atoms with Crippen LogP contribution in [-0.2, 0) is 0 Å². The van der Waals surface area contributed by atoms with Gasteiger partial charge in [-0.1, -0.05) is 0 Å². The van der Waals surface area contributed by atoms with Crippen molar-refractivity contribution in [2.45, 2.75) is 12.3 Å². The van der Waals surface area contributed by atoms with Crippen molar-refractivity contribution in [1.29, 1.82) is 0 Å². The van der Waals surface area contributed by atoms with E-state index in [1.807, 2.05) is 13.2 Å². The van der Waals surface area contributed by atoms with Gasteiger partial charge in [-0.2, -0.15) is 0 Å². The van der Waals surface area contributed by atoms with Crippen molar-refractivity contribution in [3.05, 3.63) is 30.1 Å². The lowest BCUT2D eigenvalue weighted by atomic mass is 10.3. The first-order valence-electron chi connectivity index (χ1n) is 3.97. The Morgan fingerprint density at radius 3 is 3.00 bits per heavy atom. The van der Waals surface area contributed by atoms with Gasteiger partial charge in [0.1, 0.15) is 0 Å². The van der Waals surface area contributed by atoms with Crippen LogP contribution in [0.3, 0.4) is 0 Å². The van der Waals surface area contributed by atoms with Gasteiger partial charge in [0, 0.05) is 12.4 Å². The molecule has 0 aromatic carbocycles. The number of rotatable bonds is 3. The van der Waals surface area contributed by atoms with Crippen LogP contribution in [0.1, 0.15) is 17.3 Å². The minimum absolute atomic E-state index is 0.0741. The van der Waals surface area contributed by atoms with Crippen molar-refractivity contribution in [1.82, 2.24) is 10.3 Å². The summed E-state index contributed by atoms with van der Waals surface area (Å²) < 4.78 is 0. The highest BCUT2D eigenvalue weighted by Gasteiger charge is 2.07. The number of hydrogen-bond donors (Lipinski definition) is 1. The van der Waals surface area contributed by atoms with Gasteiger partial charge in [0.25, 0.3) is 5.91 Å². The van der Waals surface area contributed by atoms with Gasteiger partial charge in [-0.05, 0) is 25.3 Å². The fourth-order valence-corrected chi connectivity index (χ4v) is 1.05. The standard InChI is InChI=1S/C9H12N2OS/c1-7(13-2)11-9(12)8-4-3-5-10-6-8/h3-7H,1-2H3,(H,11,12). The normalized spacial score (nSPS) is 12.2. The van der Waals surface area contributed by atoms with Gasteiger partial charge >= 0.3 is 0 Å². The third kappa shape index (κ3) is 3.06. The van der Waals surface area contributed by atoms with E-state index < -0.39 is 0 Å². The molecule has 0 saturated heterocycles. The third-order valence-corrected chi connectivity index (χ3v) is 2.44. The SMILES string of the molecule is CSC(C)NC(=O)c1cccnc1. The molecule has 1 rings (SSSR count). The lowest BCUT2D eigenvalue weighted by Crippen LogP contribution is -2.29. The molecule has 0 aliphatic heterocycles. The van der Waals surface area contributed by atoms with Crippen LogP contribution in [-0.4, -0.2) is 22.5 Å². The number of nitrogens with one attached hydrogen (secondary N) is 1. The maximum atomic E-state index is 11.4. The Hall–Kier alpha value is -1.03. The molecule has 0 radical (unpaired) electrons. The number of aromatic nitrogens is 1. The third-order valence-electron chi connectivity index (χ3n) is 1.61. The first kappa shape index (κ1) is 10.1. The molecule has 0 bridgehead atoms. The minimum atomic E-state index is -0.0741. The molecule has 0 fully saturated rings. The molecule has 1 N–H and O–H groups in total. The first-order chi connectivity index (χ1) is 6.24. The van der Waals surface area contributed by atoms with E-state index in [-0.39, 0.29) is 11.3 Å². The second-order valence-corrected chi connectivity index (χ2v) is 3.77. The summed E-state index contributed by atoms with van der Waals surface area (Å²) in [5, 5.41) is 2.96. The maximum Gasteiger partial charge on any atom is 0.253 e. The highest BCUT2D eigenvalue weighted by Crippen LogP contribution is 2.03. The summed E-state index contributed by atoms with van der Waals surface area (Å²) in [6.07, 6.45) is 5.16. The van der Waals surface area contributed by atoms with E-state index in [1.165, 1.54) is 0 Å². The smallest absolute Gasteiger partial charge is 0.253 e. The molecule has 13 heavy (non-hydrogen) atoms. The second-order valence-electron chi connectivity index (χ2n) is 2.59. The topological polar surface area (TPSA) is 42.0 Å². The molecule has 0 aliphatic carbocycles. The molecular weight excluding hydrogens is 184 g/mol. The number of hydrogen-bond acceptors (Lipinski definition) is 3. The summed E-state index contributed by atoms with van der Waals surface area (Å²) in [6, 6.07) is 3.49. The van der Waals surface area contributed by atoms with E-state index in [0.717, 1.165) is 0 Å². The predicted octanol–water partition coefficient (Wildman–Crippen LogP) is 1.52. The highest BCUT2D eigenvalue weighted by molar-refractivity contribution is 7.99. The van der Waals surface area contributed by atoms with Gasteiger partial charge in [-0.25, -0.2) is 0 Å². The second kappa shape index (κ2) is 4.87. The Morgan fingerprint density at radius 2 is 2.46 bits per heavy atom. The number of nitrogens with zero attached hydrogens (tertiary/aromatic N) is 1. The van der Waals surface area contributed by atoms with Gasteiger partial charge < -0.3 is 5.32 Å². The predicted molar refractivity (Wildman–Crippen MR) is 54.7 cm³/mol. The van der Waals surface area contributed by atoms with E-state index in [0.29, 0.717) is 5.56 Å². The zero-order valence-corrected chi connectivity index (χ0v) is 8.47. The van der Waals surface area contributed by atoms with Crippen molar-refractivity contribution in [3.63, 3.8) is 0 Å². The number of carbonyl (C=O) groups excluding carboxylic acids is 1. The lowest BCUT2D eigenvalue weighted by Gasteiger charge is -2.10. The van der Waals surface area contributed by atoms with Crippen LogP contribution in [0.4, 0.5) is 0 Å². The molecule has 0 saturated carbocycles. The van der Waals surface area contributed by atoms with Crippen LogP contribution < -0.4 is 5.32 Å². The lowest BCUT2D eigenvalue weighted by molar-refractivity contribution is 0.0951. The van der Waals surface area contributed by atoms with Gasteiger partial charge in [-0.3, -0.25) is 9.78 Å². The maximum absolute atomic E-state index is 11.4. The van der Waals surface area contributed by atoms with Gasteiger partial charge in [0.05, 0.1) is 10.9 Å². The Morgan fingerprint density at radius 1 is 1.69 bits per heavy atom. The summed E-state index contributed by atoms with van der Waals surface area (Å²) in [4.78, 5) is 15.3. The van der Waals surface area contributed by atoms with Crippen LogP contribution >= 0.6 is 11.8 Å². The number of thioether (sulfide) groups is 1. The molecule has 1 amide bonds. The molecule has 1 aromatic heterocycles. The van der Waals surface area contributed by atoms with Crippen LogP contribution in [0.5, 0.6) is 0 Å². The number of amides is 1. The molecule has 0 spiro atoms. The molecule has 70 valence electrons. The zero-order chi connectivity index (χ0) is 9.68. The Bertz CT molecular complexity index is 276. The Kier molecular flexibility index (Phi) is 3.76. The summed E-state index contributed by atoms with van der Waals surface area (Å²) >= 11 is 1.60. The fourth-order valence-electron chi connectivity index (χ4n) is 0.824. The largest absolute Gasteiger partial charge is 0.341 e. The van der Waals surface area contributed by atoms with E-state index in [1.54, 1.807) is 36.3 Å².